The van der Waals surface area contributed by atoms with Crippen molar-refractivity contribution >= 4 is 27.0 Å². The van der Waals surface area contributed by atoms with Gasteiger partial charge in [0, 0.05) is 18.5 Å². The molecule has 0 radical (unpaired) electrons. The lowest BCUT2D eigenvalue weighted by atomic mass is 10.2. The SMILES string of the molecule is Cc1cc(F)c(N)cc1S(=O)(=O)N(C)Cc1cccs1. The molecular weight excluding hydrogens is 299 g/mol. The Morgan fingerprint density at radius 2 is 2.10 bits per heavy atom. The van der Waals surface area contributed by atoms with Crippen molar-refractivity contribution < 1.29 is 12.8 Å². The number of nitrogens with two attached hydrogens (primary N) is 1. The highest BCUT2D eigenvalue weighted by molar-refractivity contribution is 7.89. The molecule has 0 saturated carbocycles. The molecule has 108 valence electrons. The zero-order valence-electron chi connectivity index (χ0n) is 11.1. The largest absolute Gasteiger partial charge is 0.396 e. The summed E-state index contributed by atoms with van der Waals surface area (Å²) in [6, 6.07) is 6.04. The van der Waals surface area contributed by atoms with Crippen molar-refractivity contribution in [2.45, 2.75) is 18.4 Å². The second-order valence-electron chi connectivity index (χ2n) is 4.48. The molecule has 2 N–H and O–H groups in total. The number of sulfonamides is 1. The monoisotopic (exact) mass is 314 g/mol. The van der Waals surface area contributed by atoms with Gasteiger partial charge in [-0.25, -0.2) is 12.8 Å². The topological polar surface area (TPSA) is 63.4 Å². The van der Waals surface area contributed by atoms with Crippen LogP contribution >= 0.6 is 11.3 Å². The van der Waals surface area contributed by atoms with Crippen molar-refractivity contribution in [2.75, 3.05) is 12.8 Å². The van der Waals surface area contributed by atoms with Gasteiger partial charge in [-0.3, -0.25) is 0 Å². The first kappa shape index (κ1) is 15.0. The van der Waals surface area contributed by atoms with E-state index in [0.717, 1.165) is 10.9 Å². The van der Waals surface area contributed by atoms with Crippen LogP contribution in [0.1, 0.15) is 10.4 Å². The molecule has 0 aliphatic heterocycles. The average Bonchev–Trinajstić information content (AvgIpc) is 2.86. The third-order valence-electron chi connectivity index (χ3n) is 2.94. The maximum absolute atomic E-state index is 13.3. The summed E-state index contributed by atoms with van der Waals surface area (Å²) in [5.74, 6) is -0.609. The van der Waals surface area contributed by atoms with Gasteiger partial charge in [-0.05, 0) is 36.1 Å². The van der Waals surface area contributed by atoms with E-state index in [1.54, 1.807) is 6.92 Å². The second kappa shape index (κ2) is 5.51. The lowest BCUT2D eigenvalue weighted by Gasteiger charge is -2.18. The fourth-order valence-electron chi connectivity index (χ4n) is 1.82. The van der Waals surface area contributed by atoms with Gasteiger partial charge in [-0.2, -0.15) is 4.31 Å². The fourth-order valence-corrected chi connectivity index (χ4v) is 4.05. The quantitative estimate of drug-likeness (QED) is 0.882. The molecule has 0 fully saturated rings. The average molecular weight is 314 g/mol. The van der Waals surface area contributed by atoms with Crippen LogP contribution in [0.2, 0.25) is 0 Å². The molecule has 0 aliphatic carbocycles. The molecule has 0 aliphatic rings. The number of nitrogen functional groups attached to an aromatic ring is 1. The summed E-state index contributed by atoms with van der Waals surface area (Å²) in [4.78, 5) is 0.972. The Balaban J connectivity index is 2.37. The number of anilines is 1. The fraction of sp³-hybridized carbons (Fsp3) is 0.231. The molecule has 2 aromatic rings. The molecule has 0 saturated heterocycles. The number of nitrogens with zero attached hydrogens (tertiary/aromatic N) is 1. The highest BCUT2D eigenvalue weighted by Gasteiger charge is 2.24. The molecule has 1 aromatic heterocycles. The summed E-state index contributed by atoms with van der Waals surface area (Å²) >= 11 is 1.48. The van der Waals surface area contributed by atoms with Crippen LogP contribution < -0.4 is 5.73 Å². The molecule has 4 nitrogen and oxygen atoms in total. The van der Waals surface area contributed by atoms with Gasteiger partial charge in [-0.15, -0.1) is 11.3 Å². The molecule has 20 heavy (non-hydrogen) atoms. The van der Waals surface area contributed by atoms with Gasteiger partial charge >= 0.3 is 0 Å². The van der Waals surface area contributed by atoms with Crippen molar-refractivity contribution in [3.63, 3.8) is 0 Å². The Bertz CT molecular complexity index is 712. The summed E-state index contributed by atoms with van der Waals surface area (Å²) in [6.45, 7) is 1.82. The van der Waals surface area contributed by atoms with Gasteiger partial charge in [0.1, 0.15) is 5.82 Å². The number of thiophene rings is 1. The molecule has 0 spiro atoms. The van der Waals surface area contributed by atoms with Crippen LogP contribution in [0, 0.1) is 12.7 Å². The van der Waals surface area contributed by atoms with Crippen molar-refractivity contribution in [1.82, 2.24) is 4.31 Å². The van der Waals surface area contributed by atoms with Crippen LogP contribution in [0.5, 0.6) is 0 Å². The Labute approximate surface area is 121 Å². The van der Waals surface area contributed by atoms with Crippen LogP contribution in [0.15, 0.2) is 34.5 Å². The highest BCUT2D eigenvalue weighted by Crippen LogP contribution is 2.25. The first-order valence-corrected chi connectivity index (χ1v) is 8.18. The maximum Gasteiger partial charge on any atom is 0.243 e. The Kier molecular flexibility index (Phi) is 4.12. The van der Waals surface area contributed by atoms with Crippen molar-refractivity contribution in [3.8, 4) is 0 Å². The maximum atomic E-state index is 13.3. The molecule has 7 heteroatoms. The van der Waals surface area contributed by atoms with Crippen LogP contribution in [0.25, 0.3) is 0 Å². The minimum absolute atomic E-state index is 0.0375. The van der Waals surface area contributed by atoms with E-state index in [-0.39, 0.29) is 17.1 Å². The number of hydrogen-bond donors (Lipinski definition) is 1. The minimum Gasteiger partial charge on any atom is -0.396 e. The summed E-state index contributed by atoms with van der Waals surface area (Å²) in [5, 5.41) is 1.89. The van der Waals surface area contributed by atoms with E-state index in [1.807, 2.05) is 17.5 Å². The van der Waals surface area contributed by atoms with Crippen LogP contribution in [-0.4, -0.2) is 19.8 Å². The third-order valence-corrected chi connectivity index (χ3v) is 5.75. The van der Waals surface area contributed by atoms with Gasteiger partial charge in [0.2, 0.25) is 10.0 Å². The smallest absolute Gasteiger partial charge is 0.243 e. The van der Waals surface area contributed by atoms with E-state index in [4.69, 9.17) is 5.73 Å². The predicted molar refractivity (Wildman–Crippen MR) is 78.5 cm³/mol. The Morgan fingerprint density at radius 3 is 2.70 bits per heavy atom. The van der Waals surface area contributed by atoms with Crippen molar-refractivity contribution in [3.05, 3.63) is 45.9 Å². The second-order valence-corrected chi connectivity index (χ2v) is 7.53. The first-order valence-electron chi connectivity index (χ1n) is 5.86. The van der Waals surface area contributed by atoms with Gasteiger partial charge in [0.25, 0.3) is 0 Å². The molecule has 1 heterocycles. The lowest BCUT2D eigenvalue weighted by molar-refractivity contribution is 0.469. The van der Waals surface area contributed by atoms with Crippen LogP contribution in [0.4, 0.5) is 10.1 Å². The van der Waals surface area contributed by atoms with E-state index in [1.165, 1.54) is 28.8 Å². The van der Waals surface area contributed by atoms with Gasteiger partial charge in [0.15, 0.2) is 0 Å². The van der Waals surface area contributed by atoms with Crippen LogP contribution in [0.3, 0.4) is 0 Å². The van der Waals surface area contributed by atoms with Crippen molar-refractivity contribution in [1.29, 1.82) is 0 Å². The number of halogens is 1. The predicted octanol–water partition coefficient (Wildman–Crippen LogP) is 2.60. The minimum atomic E-state index is -3.69. The summed E-state index contributed by atoms with van der Waals surface area (Å²) in [5.41, 5.74) is 5.64. The van der Waals surface area contributed by atoms with E-state index >= 15 is 0 Å². The van der Waals surface area contributed by atoms with E-state index < -0.39 is 15.8 Å². The summed E-state index contributed by atoms with van der Waals surface area (Å²) in [7, 11) is -2.20. The molecule has 0 atom stereocenters. The molecule has 0 unspecified atom stereocenters. The molecule has 1 aromatic carbocycles. The molecule has 0 bridgehead atoms. The van der Waals surface area contributed by atoms with E-state index in [0.29, 0.717) is 5.56 Å². The van der Waals surface area contributed by atoms with Gasteiger partial charge in [0.05, 0.1) is 10.6 Å². The first-order chi connectivity index (χ1) is 9.32. The van der Waals surface area contributed by atoms with Gasteiger partial charge < -0.3 is 5.73 Å². The Morgan fingerprint density at radius 1 is 1.40 bits per heavy atom. The number of aryl methyl sites for hydroxylation is 1. The van der Waals surface area contributed by atoms with E-state index in [2.05, 4.69) is 0 Å². The summed E-state index contributed by atoms with van der Waals surface area (Å²) < 4.78 is 39.5. The number of hydrogen-bond acceptors (Lipinski definition) is 4. The van der Waals surface area contributed by atoms with Crippen LogP contribution in [-0.2, 0) is 16.6 Å². The highest BCUT2D eigenvalue weighted by atomic mass is 32.2. The lowest BCUT2D eigenvalue weighted by Crippen LogP contribution is -2.27. The molecular formula is C13H15FN2O2S2. The zero-order chi connectivity index (χ0) is 14.9. The molecule has 2 rings (SSSR count). The van der Waals surface area contributed by atoms with E-state index in [9.17, 15) is 12.8 Å². The van der Waals surface area contributed by atoms with Crippen molar-refractivity contribution in [2.24, 2.45) is 0 Å². The number of benzene rings is 1. The zero-order valence-corrected chi connectivity index (χ0v) is 12.8. The number of rotatable bonds is 4. The Hall–Kier alpha value is -1.44. The molecule has 0 amide bonds. The third kappa shape index (κ3) is 2.84. The standard InChI is InChI=1S/C13H15FN2O2S2/c1-9-6-11(14)12(15)7-13(9)20(17,18)16(2)8-10-4-3-5-19-10/h3-7H,8,15H2,1-2H3. The van der Waals surface area contributed by atoms with Gasteiger partial charge in [-0.1, -0.05) is 6.07 Å². The normalized spacial score (nSPS) is 12.0. The summed E-state index contributed by atoms with van der Waals surface area (Å²) in [6.07, 6.45) is 0.